The van der Waals surface area contributed by atoms with Crippen molar-refractivity contribution in [1.29, 1.82) is 0 Å². The summed E-state index contributed by atoms with van der Waals surface area (Å²) in [5, 5.41) is 0.426. The molecule has 0 heterocycles. The Labute approximate surface area is 180 Å². The van der Waals surface area contributed by atoms with Gasteiger partial charge in [-0.2, -0.15) is 4.31 Å². The van der Waals surface area contributed by atoms with Gasteiger partial charge >= 0.3 is 5.97 Å². The van der Waals surface area contributed by atoms with Crippen molar-refractivity contribution < 1.29 is 22.7 Å². The van der Waals surface area contributed by atoms with Gasteiger partial charge in [-0.1, -0.05) is 30.2 Å². The van der Waals surface area contributed by atoms with Crippen LogP contribution in [0.1, 0.15) is 35.2 Å². The van der Waals surface area contributed by atoms with E-state index in [-0.39, 0.29) is 11.4 Å². The maximum absolute atomic E-state index is 13.5. The number of rotatable bonds is 7. The Bertz CT molecular complexity index is 1020. The second-order valence-electron chi connectivity index (χ2n) is 7.20. The van der Waals surface area contributed by atoms with Crippen LogP contribution in [0, 0.1) is 5.92 Å². The number of nitrogens with two attached hydrogens (primary N) is 1. The molecule has 0 bridgehead atoms. The molecule has 1 amide bonds. The molecule has 2 N–H and O–H groups in total. The number of methoxy groups -OCH3 is 1. The van der Waals surface area contributed by atoms with Gasteiger partial charge in [0.25, 0.3) is 0 Å². The molecule has 1 aliphatic carbocycles. The van der Waals surface area contributed by atoms with E-state index in [1.807, 2.05) is 0 Å². The zero-order chi connectivity index (χ0) is 21.9. The molecular weight excluding hydrogens is 428 g/mol. The number of amides is 1. The molecule has 0 spiro atoms. The smallest absolute Gasteiger partial charge is 0.337 e. The number of hydrogen-bond acceptors (Lipinski definition) is 5. The number of halogens is 1. The lowest BCUT2D eigenvalue weighted by molar-refractivity contribution is -0.122. The van der Waals surface area contributed by atoms with E-state index < -0.39 is 33.9 Å². The molecule has 2 aromatic carbocycles. The summed E-state index contributed by atoms with van der Waals surface area (Å²) in [6.07, 6.45) is 1.81. The quantitative estimate of drug-likeness (QED) is 0.652. The molecule has 1 fully saturated rings. The number of benzene rings is 2. The molecule has 3 rings (SSSR count). The van der Waals surface area contributed by atoms with Crippen molar-refractivity contribution in [3.05, 3.63) is 64.7 Å². The molecule has 0 unspecified atom stereocenters. The molecule has 1 aliphatic rings. The Morgan fingerprint density at radius 2 is 1.73 bits per heavy atom. The summed E-state index contributed by atoms with van der Waals surface area (Å²) in [6, 6.07) is 11.9. The normalized spacial score (nSPS) is 19.0. The monoisotopic (exact) mass is 450 g/mol. The van der Waals surface area contributed by atoms with E-state index in [0.29, 0.717) is 35.4 Å². The number of primary amides is 1. The van der Waals surface area contributed by atoms with Crippen molar-refractivity contribution in [3.8, 4) is 0 Å². The summed E-state index contributed by atoms with van der Waals surface area (Å²) < 4.78 is 33.0. The minimum atomic E-state index is -3.92. The fourth-order valence-corrected chi connectivity index (χ4v) is 5.59. The van der Waals surface area contributed by atoms with Gasteiger partial charge < -0.3 is 10.5 Å². The van der Waals surface area contributed by atoms with Crippen LogP contribution in [0.25, 0.3) is 0 Å². The lowest BCUT2D eigenvalue weighted by atomic mass is 10.0. The molecule has 2 atom stereocenters. The second-order valence-corrected chi connectivity index (χ2v) is 9.53. The molecule has 7 nitrogen and oxygen atoms in total. The Balaban J connectivity index is 1.98. The standard InChI is InChI=1S/C21H23ClN2O5S/c1-29-21(26)15-7-5-14(6-8-15)13-24(19-4-2-3-18(19)20(23)25)30(27,28)17-11-9-16(22)10-12-17/h5-12,18-19H,2-4,13H2,1H3,(H2,23,25)/t18-,19+/m0/s1. The molecule has 160 valence electrons. The molecule has 0 saturated heterocycles. The topological polar surface area (TPSA) is 107 Å². The Morgan fingerprint density at radius 1 is 1.10 bits per heavy atom. The van der Waals surface area contributed by atoms with E-state index in [2.05, 4.69) is 0 Å². The molecular formula is C21H23ClN2O5S. The number of esters is 1. The summed E-state index contributed by atoms with van der Waals surface area (Å²) >= 11 is 5.91. The highest BCUT2D eigenvalue weighted by Crippen LogP contribution is 2.34. The van der Waals surface area contributed by atoms with Gasteiger partial charge in [0.15, 0.2) is 0 Å². The average Bonchev–Trinajstić information content (AvgIpc) is 3.22. The fourth-order valence-electron chi connectivity index (χ4n) is 3.78. The van der Waals surface area contributed by atoms with Crippen molar-refractivity contribution in [2.45, 2.75) is 36.7 Å². The fraction of sp³-hybridized carbons (Fsp3) is 0.333. The van der Waals surface area contributed by atoms with Gasteiger partial charge in [-0.25, -0.2) is 13.2 Å². The predicted octanol–water partition coefficient (Wildman–Crippen LogP) is 2.97. The highest BCUT2D eigenvalue weighted by molar-refractivity contribution is 7.89. The summed E-state index contributed by atoms with van der Waals surface area (Å²) in [4.78, 5) is 23.7. The first-order valence-corrected chi connectivity index (χ1v) is 11.3. The Kier molecular flexibility index (Phi) is 6.80. The number of carbonyl (C=O) groups is 2. The largest absolute Gasteiger partial charge is 0.465 e. The van der Waals surface area contributed by atoms with Crippen LogP contribution in [0.3, 0.4) is 0 Å². The van der Waals surface area contributed by atoms with Crippen molar-refractivity contribution in [3.63, 3.8) is 0 Å². The first-order chi connectivity index (χ1) is 14.2. The van der Waals surface area contributed by atoms with Gasteiger partial charge in [0.05, 0.1) is 23.5 Å². The zero-order valence-corrected chi connectivity index (χ0v) is 18.0. The van der Waals surface area contributed by atoms with Crippen LogP contribution in [0.15, 0.2) is 53.4 Å². The van der Waals surface area contributed by atoms with Crippen LogP contribution in [0.4, 0.5) is 0 Å². The molecule has 0 aliphatic heterocycles. The van der Waals surface area contributed by atoms with Gasteiger partial charge in [-0.15, -0.1) is 0 Å². The van der Waals surface area contributed by atoms with E-state index >= 15 is 0 Å². The van der Waals surface area contributed by atoms with Gasteiger partial charge in [0.1, 0.15) is 0 Å². The summed E-state index contributed by atoms with van der Waals surface area (Å²) in [5.74, 6) is -1.53. The first-order valence-electron chi connectivity index (χ1n) is 9.48. The van der Waals surface area contributed by atoms with Crippen LogP contribution < -0.4 is 5.73 Å². The maximum Gasteiger partial charge on any atom is 0.337 e. The number of sulfonamides is 1. The van der Waals surface area contributed by atoms with Gasteiger partial charge in [-0.3, -0.25) is 4.79 Å². The molecule has 9 heteroatoms. The number of hydrogen-bond donors (Lipinski definition) is 1. The third-order valence-electron chi connectivity index (χ3n) is 5.35. The lowest BCUT2D eigenvalue weighted by Gasteiger charge is -2.31. The van der Waals surface area contributed by atoms with Crippen LogP contribution in [0.5, 0.6) is 0 Å². The number of carbonyl (C=O) groups excluding carboxylic acids is 2. The third kappa shape index (κ3) is 4.66. The van der Waals surface area contributed by atoms with E-state index in [9.17, 15) is 18.0 Å². The SMILES string of the molecule is COC(=O)c1ccc(CN([C@@H]2CCC[C@@H]2C(N)=O)S(=O)(=O)c2ccc(Cl)cc2)cc1. The van der Waals surface area contributed by atoms with E-state index in [0.717, 1.165) is 0 Å². The van der Waals surface area contributed by atoms with Gasteiger partial charge in [0.2, 0.25) is 15.9 Å². The Morgan fingerprint density at radius 3 is 2.30 bits per heavy atom. The van der Waals surface area contributed by atoms with Gasteiger partial charge in [-0.05, 0) is 54.8 Å². The first kappa shape index (κ1) is 22.3. The predicted molar refractivity (Wildman–Crippen MR) is 112 cm³/mol. The van der Waals surface area contributed by atoms with Crippen molar-refractivity contribution in [2.24, 2.45) is 11.7 Å². The van der Waals surface area contributed by atoms with Gasteiger partial charge in [0, 0.05) is 17.6 Å². The molecule has 2 aromatic rings. The van der Waals surface area contributed by atoms with E-state index in [4.69, 9.17) is 22.1 Å². The molecule has 0 aromatic heterocycles. The Hall–Kier alpha value is -2.42. The van der Waals surface area contributed by atoms with Crippen molar-refractivity contribution in [2.75, 3.05) is 7.11 Å². The van der Waals surface area contributed by atoms with Crippen LogP contribution in [-0.2, 0) is 26.1 Å². The van der Waals surface area contributed by atoms with Crippen molar-refractivity contribution >= 4 is 33.5 Å². The number of nitrogens with zero attached hydrogens (tertiary/aromatic N) is 1. The maximum atomic E-state index is 13.5. The van der Waals surface area contributed by atoms with Crippen LogP contribution in [-0.4, -0.2) is 37.8 Å². The summed E-state index contributed by atoms with van der Waals surface area (Å²) in [6.45, 7) is 0.0425. The average molecular weight is 451 g/mol. The lowest BCUT2D eigenvalue weighted by Crippen LogP contribution is -2.45. The van der Waals surface area contributed by atoms with Crippen LogP contribution >= 0.6 is 11.6 Å². The number of ether oxygens (including phenoxy) is 1. The molecule has 30 heavy (non-hydrogen) atoms. The minimum Gasteiger partial charge on any atom is -0.465 e. The second kappa shape index (κ2) is 9.16. The third-order valence-corrected chi connectivity index (χ3v) is 7.49. The highest BCUT2D eigenvalue weighted by atomic mass is 35.5. The molecule has 0 radical (unpaired) electrons. The van der Waals surface area contributed by atoms with E-state index in [1.165, 1.54) is 35.7 Å². The molecule has 1 saturated carbocycles. The van der Waals surface area contributed by atoms with Crippen molar-refractivity contribution in [1.82, 2.24) is 4.31 Å². The van der Waals surface area contributed by atoms with E-state index in [1.54, 1.807) is 24.3 Å². The summed E-state index contributed by atoms with van der Waals surface area (Å²) in [7, 11) is -2.63. The van der Waals surface area contributed by atoms with Crippen LogP contribution in [0.2, 0.25) is 5.02 Å². The summed E-state index contributed by atoms with van der Waals surface area (Å²) in [5.41, 5.74) is 6.60. The minimum absolute atomic E-state index is 0.0425. The highest BCUT2D eigenvalue weighted by Gasteiger charge is 2.41. The zero-order valence-electron chi connectivity index (χ0n) is 16.5.